The molecule has 0 radical (unpaired) electrons. The molecule has 70 heavy (non-hydrogen) atoms. The second-order valence-corrected chi connectivity index (χ2v) is 24.8. The van der Waals surface area contributed by atoms with E-state index in [9.17, 15) is 44.8 Å². The van der Waals surface area contributed by atoms with Crippen molar-refractivity contribution in [1.82, 2.24) is 0 Å². The smallest absolute Gasteiger partial charge is 0.339 e. The molecule has 2 aliphatic rings. The molecule has 0 fully saturated rings. The summed E-state index contributed by atoms with van der Waals surface area (Å²) in [6.07, 6.45) is 2.74. The second kappa shape index (κ2) is 20.5. The zero-order valence-electron chi connectivity index (χ0n) is 39.6. The predicted molar refractivity (Wildman–Crippen MR) is 284 cm³/mol. The van der Waals surface area contributed by atoms with Crippen molar-refractivity contribution in [3.8, 4) is 0 Å². The van der Waals surface area contributed by atoms with Gasteiger partial charge >= 0.3 is 11.3 Å². The first-order chi connectivity index (χ1) is 32.7. The van der Waals surface area contributed by atoms with Crippen LogP contribution in [0.4, 0.5) is 8.78 Å². The monoisotopic (exact) mass is 1210 g/mol. The Kier molecular flexibility index (Phi) is 15.4. The van der Waals surface area contributed by atoms with E-state index in [0.29, 0.717) is 55.7 Å². The second-order valence-electron chi connectivity index (χ2n) is 18.0. The van der Waals surface area contributed by atoms with E-state index in [-0.39, 0.29) is 82.5 Å². The number of carbonyl (C=O) groups is 2. The zero-order chi connectivity index (χ0) is 51.3. The number of fused-ring (bicyclic) bond motifs is 2. The number of hydrogen-bond acceptors (Lipinski definition) is 10. The van der Waals surface area contributed by atoms with Crippen molar-refractivity contribution in [2.45, 2.75) is 78.7 Å². The molecule has 0 saturated heterocycles. The van der Waals surface area contributed by atoms with E-state index in [1.165, 1.54) is 24.6 Å². The summed E-state index contributed by atoms with van der Waals surface area (Å²) in [6.45, 7) is 10.4. The number of hydrogen-bond donors (Lipinski definition) is 0. The third-order valence-electron chi connectivity index (χ3n) is 12.7. The number of Topliss-reactive ketones (excluding diaryl/α,β-unsaturated/α-hetero) is 2. The lowest BCUT2D eigenvalue weighted by Crippen LogP contribution is -2.22. The lowest BCUT2D eigenvalue weighted by molar-refractivity contribution is 0.0978. The Labute approximate surface area is 432 Å². The maximum Gasteiger partial charge on any atom is 0.339 e. The number of allylic oxidation sites excluding steroid dienone is 2. The van der Waals surface area contributed by atoms with Gasteiger partial charge in [-0.05, 0) is 167 Å². The highest BCUT2D eigenvalue weighted by Crippen LogP contribution is 2.42. The minimum atomic E-state index is -3.27. The molecular formula is C54H48F2I2O10S2. The van der Waals surface area contributed by atoms with Gasteiger partial charge in [0, 0.05) is 67.6 Å². The minimum absolute atomic E-state index is 0.0771. The van der Waals surface area contributed by atoms with E-state index in [1.807, 2.05) is 71.2 Å². The normalized spacial score (nSPS) is 13.8. The number of halogens is 4. The van der Waals surface area contributed by atoms with Crippen LogP contribution in [-0.2, 0) is 44.0 Å². The molecule has 364 valence electrons. The van der Waals surface area contributed by atoms with Gasteiger partial charge in [-0.1, -0.05) is 59.7 Å². The van der Waals surface area contributed by atoms with Gasteiger partial charge in [-0.2, -0.15) is 0 Å². The molecule has 2 heterocycles. The molecule has 0 bridgehead atoms. The van der Waals surface area contributed by atoms with Crippen molar-refractivity contribution >= 4 is 87.6 Å². The van der Waals surface area contributed by atoms with Gasteiger partial charge in [0.05, 0.1) is 22.6 Å². The summed E-state index contributed by atoms with van der Waals surface area (Å²) in [6, 6.07) is 20.4. The van der Waals surface area contributed by atoms with Crippen LogP contribution in [0.1, 0.15) is 126 Å². The van der Waals surface area contributed by atoms with E-state index in [1.54, 1.807) is 76.2 Å². The number of sulfone groups is 2. The highest BCUT2D eigenvalue weighted by Gasteiger charge is 2.34. The summed E-state index contributed by atoms with van der Waals surface area (Å²) in [5.74, 6) is -1.13. The van der Waals surface area contributed by atoms with Crippen LogP contribution in [0.3, 0.4) is 0 Å². The van der Waals surface area contributed by atoms with Crippen LogP contribution in [0.15, 0.2) is 102 Å². The Morgan fingerprint density at radius 3 is 1.20 bits per heavy atom. The molecule has 0 amide bonds. The van der Waals surface area contributed by atoms with Gasteiger partial charge in [-0.15, -0.1) is 0 Å². The van der Waals surface area contributed by atoms with Crippen molar-refractivity contribution in [2.24, 2.45) is 0 Å². The average molecular weight is 1210 g/mol. The fraction of sp³-hybridized carbons (Fsp3) is 0.259. The summed E-state index contributed by atoms with van der Waals surface area (Å²) in [7, 11) is -6.54. The molecule has 10 nitrogen and oxygen atoms in total. The molecular weight excluding hydrogens is 1160 g/mol. The number of carbonyl (C=O) groups excluding carboxylic acids is 2. The molecule has 4 aromatic carbocycles. The topological polar surface area (TPSA) is 163 Å². The van der Waals surface area contributed by atoms with Gasteiger partial charge in [-0.25, -0.2) is 35.2 Å². The van der Waals surface area contributed by atoms with Gasteiger partial charge in [0.15, 0.2) is 31.2 Å². The number of ketones is 2. The molecule has 0 aliphatic heterocycles. The quantitative estimate of drug-likeness (QED) is 0.121. The molecule has 0 spiro atoms. The summed E-state index contributed by atoms with van der Waals surface area (Å²) in [5.41, 5.74) is 8.43. The first-order valence-corrected chi connectivity index (χ1v) is 28.2. The maximum atomic E-state index is 14.7. The molecule has 2 aromatic heterocycles. The fourth-order valence-corrected chi connectivity index (χ4v) is 11.8. The van der Waals surface area contributed by atoms with Crippen LogP contribution >= 0.6 is 45.2 Å². The Bertz CT molecular complexity index is 3400. The fourth-order valence-electron chi connectivity index (χ4n) is 9.14. The van der Waals surface area contributed by atoms with Gasteiger partial charge in [-0.3, -0.25) is 9.59 Å². The highest BCUT2D eigenvalue weighted by molar-refractivity contribution is 14.1. The average Bonchev–Trinajstić information content (AvgIpc) is 3.24. The van der Waals surface area contributed by atoms with E-state index in [0.717, 1.165) is 29.4 Å². The van der Waals surface area contributed by atoms with Crippen molar-refractivity contribution in [2.75, 3.05) is 12.5 Å². The van der Waals surface area contributed by atoms with Crippen LogP contribution in [-0.4, -0.2) is 40.9 Å². The largest absolute Gasteiger partial charge is 0.422 e. The lowest BCUT2D eigenvalue weighted by Gasteiger charge is -2.24. The molecule has 16 heteroatoms. The Morgan fingerprint density at radius 1 is 0.514 bits per heavy atom. The minimum Gasteiger partial charge on any atom is -0.422 e. The Balaban J connectivity index is 0.000000206. The van der Waals surface area contributed by atoms with Crippen LogP contribution in [0.2, 0.25) is 0 Å². The van der Waals surface area contributed by atoms with Gasteiger partial charge in [0.25, 0.3) is 0 Å². The Hall–Kier alpha value is -5.18. The van der Waals surface area contributed by atoms with E-state index in [4.69, 9.17) is 8.83 Å². The van der Waals surface area contributed by atoms with Crippen LogP contribution < -0.4 is 11.3 Å². The van der Waals surface area contributed by atoms with Crippen molar-refractivity contribution < 1.29 is 44.0 Å². The van der Waals surface area contributed by atoms with Gasteiger partial charge in [0.1, 0.15) is 23.2 Å². The summed E-state index contributed by atoms with van der Waals surface area (Å²) >= 11 is 4.05. The van der Waals surface area contributed by atoms with Crippen LogP contribution in [0.25, 0.3) is 11.1 Å². The van der Waals surface area contributed by atoms with E-state index >= 15 is 0 Å². The van der Waals surface area contributed by atoms with E-state index < -0.39 is 42.6 Å². The first kappa shape index (κ1) is 52.6. The summed E-state index contributed by atoms with van der Waals surface area (Å²) in [4.78, 5) is 52.3. The van der Waals surface area contributed by atoms with Crippen LogP contribution in [0.5, 0.6) is 0 Å². The molecule has 8 rings (SSSR count). The molecule has 2 aliphatic carbocycles. The molecule has 0 unspecified atom stereocenters. The first-order valence-electron chi connectivity index (χ1n) is 21.9. The number of benzene rings is 4. The van der Waals surface area contributed by atoms with Gasteiger partial charge < -0.3 is 8.83 Å². The standard InChI is InChI=1S/2C27H24FIO5S/c2*1-14-10-23(30)25-21(11-17-8-9-19(29)12-22(17)28)16(3)27(31)34-26(25)24(14)20-7-5-6-18(15(20)2)13-35(4,32)33/h2*5-9,12H,10-11,13H2,1-4H3. The zero-order valence-corrected chi connectivity index (χ0v) is 45.5. The van der Waals surface area contributed by atoms with Crippen molar-refractivity contribution in [3.63, 3.8) is 0 Å². The third-order valence-corrected chi connectivity index (χ3v) is 15.7. The Morgan fingerprint density at radius 2 is 0.871 bits per heavy atom. The lowest BCUT2D eigenvalue weighted by atomic mass is 9.80. The summed E-state index contributed by atoms with van der Waals surface area (Å²) < 4.78 is 90.1. The SMILES string of the molecule is CC1=C(c2cccc(CS(C)(=O)=O)c2C)c2oc(=O)c(C)c(Cc3ccc(I)cc3F)c2C(=O)C1.CC1=C(c2cccc(CS(C)(=O)=O)c2C)c2oc(=O)c(C)c(Cc3ccc(I)cc3F)c2C(=O)C1. The van der Waals surface area contributed by atoms with E-state index in [2.05, 4.69) is 0 Å². The maximum absolute atomic E-state index is 14.7. The molecule has 0 atom stereocenters. The van der Waals surface area contributed by atoms with Crippen molar-refractivity contribution in [3.05, 3.63) is 213 Å². The molecule has 0 N–H and O–H groups in total. The number of rotatable bonds is 10. The third kappa shape index (κ3) is 11.1. The molecule has 0 saturated carbocycles. The molecule has 6 aromatic rings. The highest BCUT2D eigenvalue weighted by atomic mass is 127. The predicted octanol–water partition coefficient (Wildman–Crippen LogP) is 11.1. The van der Waals surface area contributed by atoms with Crippen molar-refractivity contribution in [1.29, 1.82) is 0 Å². The van der Waals surface area contributed by atoms with Gasteiger partial charge in [0.2, 0.25) is 0 Å². The van der Waals surface area contributed by atoms with Crippen LogP contribution in [0, 0.1) is 46.5 Å². The summed E-state index contributed by atoms with van der Waals surface area (Å²) in [5, 5.41) is 0.